The predicted octanol–water partition coefficient (Wildman–Crippen LogP) is 1.65. The van der Waals surface area contributed by atoms with Gasteiger partial charge in [-0.25, -0.2) is 0 Å². The predicted molar refractivity (Wildman–Crippen MR) is 70.6 cm³/mol. The van der Waals surface area contributed by atoms with E-state index in [1.807, 2.05) is 31.2 Å². The van der Waals surface area contributed by atoms with E-state index in [1.54, 1.807) is 13.8 Å². The fourth-order valence-corrected chi connectivity index (χ4v) is 1.38. The molecule has 0 aliphatic carbocycles. The van der Waals surface area contributed by atoms with Crippen LogP contribution in [0.1, 0.15) is 25.8 Å². The number of nitrogens with one attached hydrogen (secondary N) is 1. The van der Waals surface area contributed by atoms with Gasteiger partial charge in [0.25, 0.3) is 0 Å². The minimum absolute atomic E-state index is 0.0858. The summed E-state index contributed by atoms with van der Waals surface area (Å²) in [7, 11) is 0. The molecule has 0 aliphatic rings. The third kappa shape index (κ3) is 5.19. The molecule has 0 saturated heterocycles. The summed E-state index contributed by atoms with van der Waals surface area (Å²) in [6.45, 7) is 5.79. The first-order valence-electron chi connectivity index (χ1n) is 6.04. The van der Waals surface area contributed by atoms with Gasteiger partial charge >= 0.3 is 0 Å². The minimum Gasteiger partial charge on any atom is -0.493 e. The van der Waals surface area contributed by atoms with Crippen LogP contribution in [0.5, 0.6) is 5.75 Å². The Morgan fingerprint density at radius 2 is 1.94 bits per heavy atom. The average molecular weight is 251 g/mol. The Morgan fingerprint density at radius 3 is 2.50 bits per heavy atom. The lowest BCUT2D eigenvalue weighted by atomic mass is 10.1. The molecular weight excluding hydrogens is 230 g/mol. The van der Waals surface area contributed by atoms with Crippen molar-refractivity contribution in [1.82, 2.24) is 5.32 Å². The fraction of sp³-hybridized carbons (Fsp3) is 0.500. The Labute approximate surface area is 108 Å². The Balaban J connectivity index is 2.29. The van der Waals surface area contributed by atoms with Crippen molar-refractivity contribution < 1.29 is 14.6 Å². The van der Waals surface area contributed by atoms with Crippen LogP contribution in [0.25, 0.3) is 0 Å². The number of carbonyl (C=O) groups excluding carboxylic acids is 1. The van der Waals surface area contributed by atoms with Gasteiger partial charge in [-0.2, -0.15) is 0 Å². The number of hydrogen-bond acceptors (Lipinski definition) is 3. The second-order valence-electron chi connectivity index (χ2n) is 5.00. The third-order valence-electron chi connectivity index (χ3n) is 2.49. The number of rotatable bonds is 6. The second kappa shape index (κ2) is 6.40. The molecule has 1 aromatic carbocycles. The van der Waals surface area contributed by atoms with Crippen molar-refractivity contribution in [3.8, 4) is 5.75 Å². The van der Waals surface area contributed by atoms with E-state index < -0.39 is 5.54 Å². The van der Waals surface area contributed by atoms with Gasteiger partial charge in [0.1, 0.15) is 5.75 Å². The Hall–Kier alpha value is -1.55. The quantitative estimate of drug-likeness (QED) is 0.808. The van der Waals surface area contributed by atoms with E-state index in [0.717, 1.165) is 5.75 Å². The first kappa shape index (κ1) is 14.5. The number of carbonyl (C=O) groups is 1. The van der Waals surface area contributed by atoms with Crippen LogP contribution in [0.2, 0.25) is 0 Å². The molecule has 2 N–H and O–H groups in total. The Bertz CT molecular complexity index is 385. The Kier molecular flexibility index (Phi) is 5.16. The van der Waals surface area contributed by atoms with Gasteiger partial charge in [-0.05, 0) is 32.9 Å². The highest BCUT2D eigenvalue weighted by Crippen LogP contribution is 2.11. The van der Waals surface area contributed by atoms with Crippen molar-refractivity contribution in [2.45, 2.75) is 32.7 Å². The normalized spacial score (nSPS) is 11.1. The number of aliphatic hydroxyl groups is 1. The lowest BCUT2D eigenvalue weighted by molar-refractivity contribution is -0.123. The molecule has 0 unspecified atom stereocenters. The van der Waals surface area contributed by atoms with Crippen LogP contribution >= 0.6 is 0 Å². The zero-order valence-electron chi connectivity index (χ0n) is 11.2. The molecule has 0 spiro atoms. The van der Waals surface area contributed by atoms with Crippen molar-refractivity contribution in [2.75, 3.05) is 13.2 Å². The standard InChI is InChI=1S/C14H21NO3/c1-11-4-6-12(7-5-11)18-9-8-13(17)15-14(2,3)10-16/h4-7,16H,8-10H2,1-3H3,(H,15,17). The maximum atomic E-state index is 11.6. The summed E-state index contributed by atoms with van der Waals surface area (Å²) in [6, 6.07) is 7.68. The highest BCUT2D eigenvalue weighted by Gasteiger charge is 2.18. The molecule has 0 heterocycles. The molecule has 0 fully saturated rings. The molecule has 4 nitrogen and oxygen atoms in total. The van der Waals surface area contributed by atoms with Crippen molar-refractivity contribution in [2.24, 2.45) is 0 Å². The molecule has 0 atom stereocenters. The SMILES string of the molecule is Cc1ccc(OCCC(=O)NC(C)(C)CO)cc1. The number of ether oxygens (including phenoxy) is 1. The van der Waals surface area contributed by atoms with Gasteiger partial charge in [-0.1, -0.05) is 17.7 Å². The highest BCUT2D eigenvalue weighted by molar-refractivity contribution is 5.76. The minimum atomic E-state index is -0.582. The molecule has 4 heteroatoms. The largest absolute Gasteiger partial charge is 0.493 e. The average Bonchev–Trinajstić information content (AvgIpc) is 2.31. The molecule has 1 rings (SSSR count). The molecule has 0 bridgehead atoms. The van der Waals surface area contributed by atoms with Gasteiger partial charge in [-0.3, -0.25) is 4.79 Å². The maximum Gasteiger partial charge on any atom is 0.223 e. The summed E-state index contributed by atoms with van der Waals surface area (Å²) in [4.78, 5) is 11.6. The van der Waals surface area contributed by atoms with Crippen molar-refractivity contribution in [1.29, 1.82) is 0 Å². The van der Waals surface area contributed by atoms with Crippen LogP contribution in [0.15, 0.2) is 24.3 Å². The molecule has 1 amide bonds. The molecule has 0 aromatic heterocycles. The van der Waals surface area contributed by atoms with Crippen molar-refractivity contribution >= 4 is 5.91 Å². The van der Waals surface area contributed by atoms with E-state index in [9.17, 15) is 4.79 Å². The van der Waals surface area contributed by atoms with Gasteiger partial charge in [0.05, 0.1) is 25.2 Å². The summed E-state index contributed by atoms with van der Waals surface area (Å²) in [5.74, 6) is 0.635. The maximum absolute atomic E-state index is 11.6. The number of aliphatic hydroxyl groups excluding tert-OH is 1. The van der Waals surface area contributed by atoms with Gasteiger partial charge in [0, 0.05) is 0 Å². The first-order valence-corrected chi connectivity index (χ1v) is 6.04. The Morgan fingerprint density at radius 1 is 1.33 bits per heavy atom. The van der Waals surface area contributed by atoms with Crippen LogP contribution in [0.4, 0.5) is 0 Å². The second-order valence-corrected chi connectivity index (χ2v) is 5.00. The van der Waals surface area contributed by atoms with Gasteiger partial charge in [0.15, 0.2) is 0 Å². The number of hydrogen-bond donors (Lipinski definition) is 2. The van der Waals surface area contributed by atoms with E-state index in [2.05, 4.69) is 5.32 Å². The molecule has 18 heavy (non-hydrogen) atoms. The van der Waals surface area contributed by atoms with E-state index in [1.165, 1.54) is 5.56 Å². The van der Waals surface area contributed by atoms with E-state index in [-0.39, 0.29) is 18.9 Å². The molecule has 0 aliphatic heterocycles. The number of benzene rings is 1. The third-order valence-corrected chi connectivity index (χ3v) is 2.49. The van der Waals surface area contributed by atoms with E-state index in [4.69, 9.17) is 9.84 Å². The van der Waals surface area contributed by atoms with Crippen molar-refractivity contribution in [3.63, 3.8) is 0 Å². The molecule has 100 valence electrons. The molecular formula is C14H21NO3. The topological polar surface area (TPSA) is 58.6 Å². The monoisotopic (exact) mass is 251 g/mol. The summed E-state index contributed by atoms with van der Waals surface area (Å²) in [5, 5.41) is 11.8. The van der Waals surface area contributed by atoms with Crippen LogP contribution in [-0.4, -0.2) is 29.8 Å². The van der Waals surface area contributed by atoms with Crippen molar-refractivity contribution in [3.05, 3.63) is 29.8 Å². The smallest absolute Gasteiger partial charge is 0.223 e. The highest BCUT2D eigenvalue weighted by atomic mass is 16.5. The van der Waals surface area contributed by atoms with E-state index >= 15 is 0 Å². The van der Waals surface area contributed by atoms with E-state index in [0.29, 0.717) is 6.61 Å². The summed E-state index contributed by atoms with van der Waals surface area (Å²) in [5.41, 5.74) is 0.589. The van der Waals surface area contributed by atoms with Crippen LogP contribution in [0.3, 0.4) is 0 Å². The molecule has 0 radical (unpaired) electrons. The lowest BCUT2D eigenvalue weighted by Crippen LogP contribution is -2.46. The number of aryl methyl sites for hydroxylation is 1. The van der Waals surface area contributed by atoms with Gasteiger partial charge < -0.3 is 15.2 Å². The zero-order valence-corrected chi connectivity index (χ0v) is 11.2. The van der Waals surface area contributed by atoms with Gasteiger partial charge in [-0.15, -0.1) is 0 Å². The van der Waals surface area contributed by atoms with Gasteiger partial charge in [0.2, 0.25) is 5.91 Å². The summed E-state index contributed by atoms with van der Waals surface area (Å²) in [6.07, 6.45) is 0.275. The van der Waals surface area contributed by atoms with Crippen LogP contribution in [-0.2, 0) is 4.79 Å². The summed E-state index contributed by atoms with van der Waals surface area (Å²) >= 11 is 0. The summed E-state index contributed by atoms with van der Waals surface area (Å²) < 4.78 is 5.46. The lowest BCUT2D eigenvalue weighted by Gasteiger charge is -2.23. The van der Waals surface area contributed by atoms with Crippen LogP contribution < -0.4 is 10.1 Å². The first-order chi connectivity index (χ1) is 8.43. The zero-order chi connectivity index (χ0) is 13.6. The number of amides is 1. The molecule has 0 saturated carbocycles. The fourth-order valence-electron chi connectivity index (χ4n) is 1.38. The molecule has 1 aromatic rings. The van der Waals surface area contributed by atoms with Crippen LogP contribution in [0, 0.1) is 6.92 Å².